The van der Waals surface area contributed by atoms with Gasteiger partial charge >= 0.3 is 0 Å². The Morgan fingerprint density at radius 3 is 2.96 bits per heavy atom. The Kier molecular flexibility index (Phi) is 5.01. The number of aryl methyl sites for hydroxylation is 2. The van der Waals surface area contributed by atoms with Gasteiger partial charge in [0.15, 0.2) is 0 Å². The highest BCUT2D eigenvalue weighted by molar-refractivity contribution is 7.20. The maximum atomic E-state index is 12.9. The summed E-state index contributed by atoms with van der Waals surface area (Å²) in [6, 6.07) is 0.0516. The number of fused-ring (bicyclic) bond motifs is 2. The molecule has 0 saturated carbocycles. The van der Waals surface area contributed by atoms with Crippen LogP contribution < -0.4 is 16.6 Å². The predicted octanol–water partition coefficient (Wildman–Crippen LogP) is 1.96. The number of nitrogens with two attached hydrogens (primary N) is 1. The van der Waals surface area contributed by atoms with Crippen molar-refractivity contribution in [2.75, 3.05) is 6.54 Å². The van der Waals surface area contributed by atoms with Gasteiger partial charge in [-0.05, 0) is 38.7 Å². The molecule has 6 nitrogen and oxygen atoms in total. The number of thiophene rings is 1. The summed E-state index contributed by atoms with van der Waals surface area (Å²) >= 11 is 1.32. The summed E-state index contributed by atoms with van der Waals surface area (Å²) in [6.45, 7) is 5.01. The molecule has 3 rings (SSSR count). The quantitative estimate of drug-likeness (QED) is 0.884. The molecule has 2 aromatic rings. The molecule has 0 saturated heterocycles. The number of aromatic nitrogens is 2. The first-order valence-electron chi connectivity index (χ1n) is 8.55. The average Bonchev–Trinajstić information content (AvgIpc) is 2.70. The van der Waals surface area contributed by atoms with E-state index in [1.807, 2.05) is 13.8 Å². The minimum atomic E-state index is -0.143. The lowest BCUT2D eigenvalue weighted by atomic mass is 10.2. The highest BCUT2D eigenvalue weighted by Gasteiger charge is 2.22. The van der Waals surface area contributed by atoms with E-state index in [0.29, 0.717) is 21.6 Å². The largest absolute Gasteiger partial charge is 0.351 e. The van der Waals surface area contributed by atoms with Crippen LogP contribution in [0.2, 0.25) is 0 Å². The van der Waals surface area contributed by atoms with Gasteiger partial charge in [-0.1, -0.05) is 6.42 Å². The number of hydrogen-bond acceptors (Lipinski definition) is 5. The molecule has 0 aromatic carbocycles. The SMILES string of the molecule is Cc1c(C(=O)NCCC(C)N)sc2nc3n(c(=O)c12)CCCCC3. The van der Waals surface area contributed by atoms with E-state index in [0.717, 1.165) is 50.0 Å². The van der Waals surface area contributed by atoms with Crippen molar-refractivity contribution in [1.82, 2.24) is 14.9 Å². The molecule has 0 bridgehead atoms. The van der Waals surface area contributed by atoms with E-state index >= 15 is 0 Å². The van der Waals surface area contributed by atoms with Gasteiger partial charge in [0.1, 0.15) is 10.7 Å². The van der Waals surface area contributed by atoms with Crippen LogP contribution in [0.15, 0.2) is 4.79 Å². The van der Waals surface area contributed by atoms with Crippen molar-refractivity contribution in [1.29, 1.82) is 0 Å². The van der Waals surface area contributed by atoms with Gasteiger partial charge in [-0.2, -0.15) is 0 Å². The fourth-order valence-electron chi connectivity index (χ4n) is 3.12. The topological polar surface area (TPSA) is 90.0 Å². The molecule has 1 amide bonds. The summed E-state index contributed by atoms with van der Waals surface area (Å²) in [7, 11) is 0. The van der Waals surface area contributed by atoms with Crippen LogP contribution in [0, 0.1) is 6.92 Å². The van der Waals surface area contributed by atoms with E-state index in [1.54, 1.807) is 4.57 Å². The maximum absolute atomic E-state index is 12.9. The summed E-state index contributed by atoms with van der Waals surface area (Å²) < 4.78 is 1.80. The van der Waals surface area contributed by atoms with E-state index in [4.69, 9.17) is 10.7 Å². The normalized spacial score (nSPS) is 15.8. The zero-order valence-electron chi connectivity index (χ0n) is 14.2. The zero-order chi connectivity index (χ0) is 17.3. The molecule has 7 heteroatoms. The van der Waals surface area contributed by atoms with E-state index in [-0.39, 0.29) is 17.5 Å². The minimum absolute atomic E-state index is 0.000260. The molecule has 1 unspecified atom stereocenters. The van der Waals surface area contributed by atoms with Crippen LogP contribution in [-0.2, 0) is 13.0 Å². The molecule has 2 aromatic heterocycles. The molecule has 1 atom stereocenters. The van der Waals surface area contributed by atoms with E-state index in [9.17, 15) is 9.59 Å². The van der Waals surface area contributed by atoms with Crippen LogP contribution in [0.1, 0.15) is 53.7 Å². The third-order valence-electron chi connectivity index (χ3n) is 4.50. The van der Waals surface area contributed by atoms with Gasteiger partial charge in [0.25, 0.3) is 11.5 Å². The van der Waals surface area contributed by atoms with Crippen LogP contribution in [-0.4, -0.2) is 28.0 Å². The third kappa shape index (κ3) is 3.23. The summed E-state index contributed by atoms with van der Waals surface area (Å²) in [5.74, 6) is 0.714. The number of rotatable bonds is 4. The number of nitrogens with one attached hydrogen (secondary N) is 1. The second kappa shape index (κ2) is 7.03. The number of hydrogen-bond donors (Lipinski definition) is 2. The van der Waals surface area contributed by atoms with Crippen molar-refractivity contribution < 1.29 is 4.79 Å². The van der Waals surface area contributed by atoms with Crippen LogP contribution in [0.5, 0.6) is 0 Å². The molecule has 0 radical (unpaired) electrons. The van der Waals surface area contributed by atoms with Crippen LogP contribution in [0.3, 0.4) is 0 Å². The lowest BCUT2D eigenvalue weighted by Crippen LogP contribution is -2.29. The van der Waals surface area contributed by atoms with Crippen LogP contribution in [0.4, 0.5) is 0 Å². The smallest absolute Gasteiger partial charge is 0.262 e. The molecule has 0 fully saturated rings. The van der Waals surface area contributed by atoms with Gasteiger partial charge in [0.2, 0.25) is 0 Å². The zero-order valence-corrected chi connectivity index (χ0v) is 15.0. The van der Waals surface area contributed by atoms with Gasteiger partial charge < -0.3 is 11.1 Å². The number of carbonyl (C=O) groups is 1. The van der Waals surface area contributed by atoms with Crippen molar-refractivity contribution in [3.8, 4) is 0 Å². The van der Waals surface area contributed by atoms with Crippen LogP contribution >= 0.6 is 11.3 Å². The van der Waals surface area contributed by atoms with Crippen molar-refractivity contribution in [2.24, 2.45) is 5.73 Å². The Hall–Kier alpha value is -1.73. The summed E-state index contributed by atoms with van der Waals surface area (Å²) in [5.41, 5.74) is 6.45. The molecule has 3 heterocycles. The van der Waals surface area contributed by atoms with E-state index < -0.39 is 0 Å². The summed E-state index contributed by atoms with van der Waals surface area (Å²) in [6.07, 6.45) is 4.76. The monoisotopic (exact) mass is 348 g/mol. The fourth-order valence-corrected chi connectivity index (χ4v) is 4.23. The molecule has 130 valence electrons. The third-order valence-corrected chi connectivity index (χ3v) is 5.69. The Morgan fingerprint density at radius 2 is 2.21 bits per heavy atom. The lowest BCUT2D eigenvalue weighted by Gasteiger charge is -2.08. The standard InChI is InChI=1S/C17H24N4O2S/c1-10(18)7-8-19-15(22)14-11(2)13-16(24-14)20-12-6-4-3-5-9-21(12)17(13)23/h10H,3-9,18H2,1-2H3,(H,19,22). The van der Waals surface area contributed by atoms with Crippen molar-refractivity contribution in [3.63, 3.8) is 0 Å². The molecule has 3 N–H and O–H groups in total. The number of amides is 1. The molecule has 1 aliphatic heterocycles. The fraction of sp³-hybridized carbons (Fsp3) is 0.588. The second-order valence-corrected chi connectivity index (χ2v) is 7.55. The molecular formula is C17H24N4O2S. The first-order chi connectivity index (χ1) is 11.5. The van der Waals surface area contributed by atoms with Gasteiger partial charge in [0.05, 0.1) is 10.3 Å². The van der Waals surface area contributed by atoms with Crippen molar-refractivity contribution >= 4 is 27.5 Å². The molecule has 1 aliphatic rings. The molecule has 0 spiro atoms. The maximum Gasteiger partial charge on any atom is 0.262 e. The summed E-state index contributed by atoms with van der Waals surface area (Å²) in [5, 5.41) is 3.49. The summed E-state index contributed by atoms with van der Waals surface area (Å²) in [4.78, 5) is 31.3. The first-order valence-corrected chi connectivity index (χ1v) is 9.37. The highest BCUT2D eigenvalue weighted by Crippen LogP contribution is 2.28. The van der Waals surface area contributed by atoms with Gasteiger partial charge in [-0.3, -0.25) is 14.2 Å². The van der Waals surface area contributed by atoms with Crippen molar-refractivity contribution in [3.05, 3.63) is 26.6 Å². The predicted molar refractivity (Wildman–Crippen MR) is 96.8 cm³/mol. The Morgan fingerprint density at radius 1 is 1.42 bits per heavy atom. The number of nitrogens with zero attached hydrogens (tertiary/aromatic N) is 2. The van der Waals surface area contributed by atoms with Crippen LogP contribution in [0.25, 0.3) is 10.2 Å². The highest BCUT2D eigenvalue weighted by atomic mass is 32.1. The molecule has 0 aliphatic carbocycles. The van der Waals surface area contributed by atoms with Crippen molar-refractivity contribution in [2.45, 2.75) is 58.5 Å². The van der Waals surface area contributed by atoms with E-state index in [1.165, 1.54) is 11.3 Å². The lowest BCUT2D eigenvalue weighted by molar-refractivity contribution is 0.0956. The van der Waals surface area contributed by atoms with Gasteiger partial charge in [-0.25, -0.2) is 4.98 Å². The second-order valence-electron chi connectivity index (χ2n) is 6.55. The Balaban J connectivity index is 1.97. The Bertz CT molecular complexity index is 822. The van der Waals surface area contributed by atoms with Gasteiger partial charge in [-0.15, -0.1) is 11.3 Å². The van der Waals surface area contributed by atoms with Gasteiger partial charge in [0, 0.05) is 25.6 Å². The number of carbonyl (C=O) groups excluding carboxylic acids is 1. The average molecular weight is 348 g/mol. The minimum Gasteiger partial charge on any atom is -0.351 e. The molecule has 24 heavy (non-hydrogen) atoms. The Labute approximate surface area is 145 Å². The first kappa shape index (κ1) is 17.1. The van der Waals surface area contributed by atoms with E-state index in [2.05, 4.69) is 5.32 Å². The molecular weight excluding hydrogens is 324 g/mol.